The summed E-state index contributed by atoms with van der Waals surface area (Å²) in [6.07, 6.45) is 9.39. The number of benzene rings is 1. The first-order valence-corrected chi connectivity index (χ1v) is 12.0. The highest BCUT2D eigenvalue weighted by Gasteiger charge is 2.26. The normalized spacial score (nSPS) is 19.4. The third-order valence-corrected chi connectivity index (χ3v) is 6.73. The van der Waals surface area contributed by atoms with Crippen LogP contribution in [0.5, 0.6) is 5.75 Å². The van der Waals surface area contributed by atoms with Gasteiger partial charge in [0, 0.05) is 13.1 Å². The van der Waals surface area contributed by atoms with Gasteiger partial charge in [0.1, 0.15) is 18.5 Å². The molecule has 1 aromatic carbocycles. The maximum absolute atomic E-state index is 11.6. The van der Waals surface area contributed by atoms with E-state index >= 15 is 0 Å². The van der Waals surface area contributed by atoms with Crippen LogP contribution >= 0.6 is 0 Å². The Labute approximate surface area is 187 Å². The maximum atomic E-state index is 11.6. The molecule has 1 unspecified atom stereocenters. The van der Waals surface area contributed by atoms with Crippen LogP contribution in [-0.4, -0.2) is 62.0 Å². The number of nitrogens with zero attached hydrogens (tertiary/aromatic N) is 1. The number of methoxy groups -OCH3 is 1. The molecule has 174 valence electrons. The Balaban J connectivity index is 1.26. The molecule has 1 saturated heterocycles. The molecule has 2 N–H and O–H groups in total. The topological polar surface area (TPSA) is 71.0 Å². The third-order valence-electron chi connectivity index (χ3n) is 6.73. The number of ether oxygens (including phenoxy) is 2. The molecule has 0 radical (unpaired) electrons. The SMILES string of the molecule is COC(=O)C1CCN(CC(O)COc2ccc(CNCCCC3CCCC3)cc2)CC1. The van der Waals surface area contributed by atoms with Crippen molar-refractivity contribution in [3.63, 3.8) is 0 Å². The van der Waals surface area contributed by atoms with E-state index < -0.39 is 6.10 Å². The molecule has 2 fully saturated rings. The predicted octanol–water partition coefficient (Wildman–Crippen LogP) is 3.37. The van der Waals surface area contributed by atoms with Gasteiger partial charge in [-0.2, -0.15) is 0 Å². The summed E-state index contributed by atoms with van der Waals surface area (Å²) in [7, 11) is 1.44. The summed E-state index contributed by atoms with van der Waals surface area (Å²) >= 11 is 0. The number of hydrogen-bond acceptors (Lipinski definition) is 6. The highest BCUT2D eigenvalue weighted by molar-refractivity contribution is 5.72. The molecule has 0 spiro atoms. The lowest BCUT2D eigenvalue weighted by Crippen LogP contribution is -2.42. The number of hydrogen-bond donors (Lipinski definition) is 2. The average Bonchev–Trinajstić information content (AvgIpc) is 3.32. The monoisotopic (exact) mass is 432 g/mol. The summed E-state index contributed by atoms with van der Waals surface area (Å²) < 4.78 is 10.6. The van der Waals surface area contributed by atoms with Gasteiger partial charge in [-0.25, -0.2) is 0 Å². The van der Waals surface area contributed by atoms with Crippen molar-refractivity contribution < 1.29 is 19.4 Å². The van der Waals surface area contributed by atoms with Crippen molar-refractivity contribution in [2.45, 2.75) is 64.0 Å². The van der Waals surface area contributed by atoms with Crippen molar-refractivity contribution in [3.8, 4) is 5.75 Å². The zero-order chi connectivity index (χ0) is 21.9. The first-order valence-electron chi connectivity index (χ1n) is 12.0. The number of rotatable bonds is 12. The molecular formula is C25H40N2O4. The van der Waals surface area contributed by atoms with E-state index in [1.165, 1.54) is 51.2 Å². The quantitative estimate of drug-likeness (QED) is 0.390. The number of carbonyl (C=O) groups is 1. The molecular weight excluding hydrogens is 392 g/mol. The molecule has 1 heterocycles. The van der Waals surface area contributed by atoms with E-state index in [4.69, 9.17) is 9.47 Å². The van der Waals surface area contributed by atoms with Crippen LogP contribution in [0, 0.1) is 11.8 Å². The van der Waals surface area contributed by atoms with Gasteiger partial charge in [0.2, 0.25) is 0 Å². The highest BCUT2D eigenvalue weighted by Crippen LogP contribution is 2.28. The van der Waals surface area contributed by atoms with Crippen LogP contribution in [0.3, 0.4) is 0 Å². The van der Waals surface area contributed by atoms with Gasteiger partial charge in [0.05, 0.1) is 13.0 Å². The fourth-order valence-corrected chi connectivity index (χ4v) is 4.81. The second-order valence-corrected chi connectivity index (χ2v) is 9.18. The molecule has 1 atom stereocenters. The van der Waals surface area contributed by atoms with Gasteiger partial charge < -0.3 is 24.8 Å². The van der Waals surface area contributed by atoms with Gasteiger partial charge in [-0.15, -0.1) is 0 Å². The van der Waals surface area contributed by atoms with Crippen molar-refractivity contribution in [1.82, 2.24) is 10.2 Å². The Morgan fingerprint density at radius 2 is 1.87 bits per heavy atom. The Hall–Kier alpha value is -1.63. The molecule has 31 heavy (non-hydrogen) atoms. The Bertz CT molecular complexity index is 637. The Kier molecular flexibility index (Phi) is 10.1. The second-order valence-electron chi connectivity index (χ2n) is 9.18. The fraction of sp³-hybridized carbons (Fsp3) is 0.720. The van der Waals surface area contributed by atoms with Gasteiger partial charge >= 0.3 is 5.97 Å². The van der Waals surface area contributed by atoms with E-state index in [9.17, 15) is 9.90 Å². The average molecular weight is 433 g/mol. The van der Waals surface area contributed by atoms with Crippen molar-refractivity contribution in [1.29, 1.82) is 0 Å². The number of carbonyl (C=O) groups excluding carboxylic acids is 1. The Morgan fingerprint density at radius 3 is 2.55 bits per heavy atom. The summed E-state index contributed by atoms with van der Waals surface area (Å²) in [6, 6.07) is 8.13. The minimum atomic E-state index is -0.545. The van der Waals surface area contributed by atoms with Gasteiger partial charge in [-0.05, 0) is 68.9 Å². The first kappa shape index (κ1) is 24.0. The minimum absolute atomic E-state index is 0.00468. The molecule has 1 aromatic rings. The van der Waals surface area contributed by atoms with E-state index in [1.807, 2.05) is 12.1 Å². The standard InChI is InChI=1S/C25H40N2O4/c1-30-25(29)22-12-15-27(16-13-22)18-23(28)19-31-24-10-8-21(9-11-24)17-26-14-4-7-20-5-2-3-6-20/h8-11,20,22-23,26,28H,2-7,12-19H2,1H3. The summed E-state index contributed by atoms with van der Waals surface area (Å²) in [5.41, 5.74) is 1.25. The van der Waals surface area contributed by atoms with Crippen LogP contribution in [-0.2, 0) is 16.1 Å². The van der Waals surface area contributed by atoms with E-state index in [-0.39, 0.29) is 18.5 Å². The molecule has 6 heteroatoms. The highest BCUT2D eigenvalue weighted by atomic mass is 16.5. The summed E-state index contributed by atoms with van der Waals surface area (Å²) in [5, 5.41) is 13.9. The number of likely N-dealkylation sites (tertiary alicyclic amines) is 1. The van der Waals surface area contributed by atoms with Crippen molar-refractivity contribution in [2.75, 3.05) is 39.9 Å². The number of β-amino-alcohol motifs (C(OH)–C–C–N with tert-alkyl or cyclic N) is 1. The molecule has 1 aliphatic heterocycles. The third kappa shape index (κ3) is 8.43. The van der Waals surface area contributed by atoms with Crippen LogP contribution in [0.25, 0.3) is 0 Å². The van der Waals surface area contributed by atoms with Crippen LogP contribution in [0.4, 0.5) is 0 Å². The van der Waals surface area contributed by atoms with E-state index in [2.05, 4.69) is 22.3 Å². The van der Waals surface area contributed by atoms with E-state index in [0.717, 1.165) is 50.7 Å². The fourth-order valence-electron chi connectivity index (χ4n) is 4.81. The smallest absolute Gasteiger partial charge is 0.308 e. The number of aliphatic hydroxyl groups is 1. The number of esters is 1. The molecule has 1 saturated carbocycles. The Morgan fingerprint density at radius 1 is 1.16 bits per heavy atom. The van der Waals surface area contributed by atoms with Crippen LogP contribution in [0.15, 0.2) is 24.3 Å². The van der Waals surface area contributed by atoms with Gasteiger partial charge in [0.15, 0.2) is 0 Å². The molecule has 0 bridgehead atoms. The zero-order valence-corrected chi connectivity index (χ0v) is 19.1. The predicted molar refractivity (Wildman–Crippen MR) is 122 cm³/mol. The molecule has 3 rings (SSSR count). The zero-order valence-electron chi connectivity index (χ0n) is 19.1. The van der Waals surface area contributed by atoms with E-state index in [1.54, 1.807) is 0 Å². The molecule has 0 amide bonds. The minimum Gasteiger partial charge on any atom is -0.491 e. The summed E-state index contributed by atoms with van der Waals surface area (Å²) in [6.45, 7) is 4.41. The summed E-state index contributed by atoms with van der Waals surface area (Å²) in [4.78, 5) is 13.8. The van der Waals surface area contributed by atoms with Gasteiger partial charge in [-0.1, -0.05) is 37.8 Å². The van der Waals surface area contributed by atoms with Gasteiger partial charge in [-0.3, -0.25) is 4.79 Å². The lowest BCUT2D eigenvalue weighted by atomic mass is 9.97. The van der Waals surface area contributed by atoms with E-state index in [0.29, 0.717) is 6.54 Å². The largest absolute Gasteiger partial charge is 0.491 e. The molecule has 6 nitrogen and oxygen atoms in total. The second kappa shape index (κ2) is 13.0. The first-order chi connectivity index (χ1) is 15.1. The molecule has 2 aliphatic rings. The number of nitrogens with one attached hydrogen (secondary N) is 1. The summed E-state index contributed by atoms with van der Waals surface area (Å²) in [5.74, 6) is 1.63. The maximum Gasteiger partial charge on any atom is 0.308 e. The van der Waals surface area contributed by atoms with Crippen molar-refractivity contribution in [3.05, 3.63) is 29.8 Å². The van der Waals surface area contributed by atoms with Crippen LogP contribution < -0.4 is 10.1 Å². The van der Waals surface area contributed by atoms with Crippen molar-refractivity contribution in [2.24, 2.45) is 11.8 Å². The number of piperidine rings is 1. The van der Waals surface area contributed by atoms with Gasteiger partial charge in [0.25, 0.3) is 0 Å². The number of aliphatic hydroxyl groups excluding tert-OH is 1. The molecule has 0 aromatic heterocycles. The molecule has 1 aliphatic carbocycles. The lowest BCUT2D eigenvalue weighted by molar-refractivity contribution is -0.147. The van der Waals surface area contributed by atoms with Crippen LogP contribution in [0.1, 0.15) is 56.9 Å². The lowest BCUT2D eigenvalue weighted by Gasteiger charge is -2.31. The van der Waals surface area contributed by atoms with Crippen molar-refractivity contribution >= 4 is 5.97 Å². The van der Waals surface area contributed by atoms with Crippen LogP contribution in [0.2, 0.25) is 0 Å².